The van der Waals surface area contributed by atoms with Crippen LogP contribution in [0.2, 0.25) is 0 Å². The molecular formula is C6H5F10NO2S. The van der Waals surface area contributed by atoms with E-state index in [0.29, 0.717) is 6.92 Å². The van der Waals surface area contributed by atoms with Gasteiger partial charge in [-0.2, -0.15) is 39.5 Å². The van der Waals surface area contributed by atoms with Gasteiger partial charge in [-0.15, -0.1) is 4.48 Å². The Kier molecular flexibility index (Phi) is 4.70. The van der Waals surface area contributed by atoms with Gasteiger partial charge < -0.3 is 0 Å². The Labute approximate surface area is 105 Å². The Morgan fingerprint density at radius 2 is 1.20 bits per heavy atom. The van der Waals surface area contributed by atoms with Crippen LogP contribution < -0.4 is 0 Å². The lowest BCUT2D eigenvalue weighted by Crippen LogP contribution is -2.64. The number of rotatable bonds is 5. The van der Waals surface area contributed by atoms with Gasteiger partial charge in [-0.25, -0.2) is 8.42 Å². The molecule has 0 rings (SSSR count). The van der Waals surface area contributed by atoms with E-state index in [1.807, 2.05) is 0 Å². The highest BCUT2D eigenvalue weighted by atomic mass is 32.2. The van der Waals surface area contributed by atoms with Gasteiger partial charge in [-0.3, -0.25) is 0 Å². The van der Waals surface area contributed by atoms with E-state index in [0.717, 1.165) is 0 Å². The van der Waals surface area contributed by atoms with Crippen molar-refractivity contribution in [2.45, 2.75) is 30.2 Å². The van der Waals surface area contributed by atoms with Crippen molar-refractivity contribution >= 4 is 10.0 Å². The Balaban J connectivity index is 6.08. The molecule has 0 bridgehead atoms. The van der Waals surface area contributed by atoms with Gasteiger partial charge in [0.1, 0.15) is 0 Å². The molecule has 3 nitrogen and oxygen atoms in total. The number of alkyl halides is 9. The number of nitrogens with zero attached hydrogens (tertiary/aromatic N) is 1. The molecule has 122 valence electrons. The van der Waals surface area contributed by atoms with Crippen LogP contribution in [0.3, 0.4) is 0 Å². The van der Waals surface area contributed by atoms with E-state index < -0.39 is 44.4 Å². The molecule has 0 unspecified atom stereocenters. The van der Waals surface area contributed by atoms with Crippen molar-refractivity contribution in [2.24, 2.45) is 0 Å². The largest absolute Gasteiger partial charge is 0.460 e. The quantitative estimate of drug-likeness (QED) is 0.568. The van der Waals surface area contributed by atoms with Crippen molar-refractivity contribution in [3.63, 3.8) is 0 Å². The zero-order valence-electron chi connectivity index (χ0n) is 9.16. The van der Waals surface area contributed by atoms with Crippen LogP contribution in [0.5, 0.6) is 0 Å². The molecule has 0 aromatic carbocycles. The molecule has 0 aromatic heterocycles. The zero-order valence-corrected chi connectivity index (χ0v) is 9.98. The van der Waals surface area contributed by atoms with Crippen LogP contribution in [0.1, 0.15) is 6.92 Å². The Morgan fingerprint density at radius 3 is 1.45 bits per heavy atom. The lowest BCUT2D eigenvalue weighted by Gasteiger charge is -2.33. The maximum Gasteiger partial charge on any atom is 0.460 e. The fourth-order valence-corrected chi connectivity index (χ4v) is 1.86. The van der Waals surface area contributed by atoms with Gasteiger partial charge >= 0.3 is 33.3 Å². The van der Waals surface area contributed by atoms with Crippen LogP contribution in [-0.4, -0.2) is 42.8 Å². The van der Waals surface area contributed by atoms with Crippen LogP contribution in [0.4, 0.5) is 44.0 Å². The first-order valence-electron chi connectivity index (χ1n) is 4.36. The van der Waals surface area contributed by atoms with Crippen molar-refractivity contribution in [1.29, 1.82) is 0 Å². The van der Waals surface area contributed by atoms with Gasteiger partial charge in [0.25, 0.3) is 0 Å². The summed E-state index contributed by atoms with van der Waals surface area (Å²) >= 11 is 0. The van der Waals surface area contributed by atoms with Crippen LogP contribution in [0.25, 0.3) is 0 Å². The molecule has 0 radical (unpaired) electrons. The molecule has 0 fully saturated rings. The Morgan fingerprint density at radius 1 is 0.850 bits per heavy atom. The van der Waals surface area contributed by atoms with Crippen LogP contribution >= 0.6 is 0 Å². The average Bonchev–Trinajstić information content (AvgIpc) is 2.25. The van der Waals surface area contributed by atoms with Crippen molar-refractivity contribution in [3.8, 4) is 0 Å². The fraction of sp³-hybridized carbons (Fsp3) is 1.00. The monoisotopic (exact) mass is 345 g/mol. The van der Waals surface area contributed by atoms with Gasteiger partial charge in [0, 0.05) is 6.54 Å². The minimum absolute atomic E-state index is 0.508. The van der Waals surface area contributed by atoms with Gasteiger partial charge in [0.05, 0.1) is 0 Å². The van der Waals surface area contributed by atoms with E-state index in [4.69, 9.17) is 0 Å². The standard InChI is InChI=1S/C6H5F10NO2S/c1-2-17(16)20(18,19)6(14,15)4(9,10)3(7,8)5(11,12)13/h2H2,1H3. The summed E-state index contributed by atoms with van der Waals surface area (Å²) in [4.78, 5) is 0. The van der Waals surface area contributed by atoms with Crippen LogP contribution in [0, 0.1) is 0 Å². The molecule has 0 aliphatic heterocycles. The van der Waals surface area contributed by atoms with E-state index in [1.54, 1.807) is 0 Å². The number of hydrogen-bond donors (Lipinski definition) is 0. The molecule has 0 N–H and O–H groups in total. The number of sulfonamides is 1. The third-order valence-corrected chi connectivity index (χ3v) is 3.63. The maximum absolute atomic E-state index is 12.8. The Hall–Kier alpha value is -0.790. The zero-order chi connectivity index (χ0) is 16.8. The van der Waals surface area contributed by atoms with E-state index in [1.165, 1.54) is 0 Å². The molecule has 0 heterocycles. The second-order valence-electron chi connectivity index (χ2n) is 3.27. The first-order valence-corrected chi connectivity index (χ1v) is 5.80. The summed E-state index contributed by atoms with van der Waals surface area (Å²) in [6, 6.07) is 0. The highest BCUT2D eigenvalue weighted by Gasteiger charge is 2.86. The summed E-state index contributed by atoms with van der Waals surface area (Å²) in [5.41, 5.74) is 0. The SMILES string of the molecule is CCN(F)S(=O)(=O)C(F)(F)C(F)(F)C(F)(F)C(F)(F)F. The summed E-state index contributed by atoms with van der Waals surface area (Å²) in [7, 11) is -7.09. The summed E-state index contributed by atoms with van der Waals surface area (Å²) < 4.78 is 143. The molecule has 0 atom stereocenters. The molecule has 0 aromatic rings. The van der Waals surface area contributed by atoms with E-state index in [2.05, 4.69) is 0 Å². The van der Waals surface area contributed by atoms with Gasteiger partial charge in [-0.05, 0) is 11.5 Å². The lowest BCUT2D eigenvalue weighted by molar-refractivity contribution is -0.382. The highest BCUT2D eigenvalue weighted by molar-refractivity contribution is 7.90. The van der Waals surface area contributed by atoms with E-state index >= 15 is 0 Å². The van der Waals surface area contributed by atoms with Gasteiger partial charge in [0.2, 0.25) is 0 Å². The molecule has 20 heavy (non-hydrogen) atoms. The smallest absolute Gasteiger partial charge is 0.203 e. The predicted molar refractivity (Wildman–Crippen MR) is 43.3 cm³/mol. The van der Waals surface area contributed by atoms with Crippen molar-refractivity contribution < 1.29 is 52.4 Å². The fourth-order valence-electron chi connectivity index (χ4n) is 0.817. The summed E-state index contributed by atoms with van der Waals surface area (Å²) in [5.74, 6) is -14.8. The molecule has 0 spiro atoms. The van der Waals surface area contributed by atoms with E-state index in [-0.39, 0.29) is 0 Å². The second-order valence-corrected chi connectivity index (χ2v) is 5.13. The van der Waals surface area contributed by atoms with Gasteiger partial charge in [-0.1, -0.05) is 0 Å². The van der Waals surface area contributed by atoms with Crippen LogP contribution in [0.15, 0.2) is 0 Å². The summed E-state index contributed by atoms with van der Waals surface area (Å²) in [5, 5.41) is -7.02. The third kappa shape index (κ3) is 2.42. The lowest BCUT2D eigenvalue weighted by atomic mass is 10.1. The minimum Gasteiger partial charge on any atom is -0.203 e. The van der Waals surface area contributed by atoms with E-state index in [9.17, 15) is 52.4 Å². The normalized spacial score (nSPS) is 15.8. The maximum atomic E-state index is 12.8. The highest BCUT2D eigenvalue weighted by Crippen LogP contribution is 2.55. The molecular weight excluding hydrogens is 340 g/mol. The predicted octanol–water partition coefficient (Wildman–Crippen LogP) is 2.95. The van der Waals surface area contributed by atoms with Crippen molar-refractivity contribution in [2.75, 3.05) is 6.54 Å². The summed E-state index contributed by atoms with van der Waals surface area (Å²) in [6.45, 7) is -1.00. The first kappa shape index (κ1) is 19.2. The average molecular weight is 345 g/mol. The molecule has 0 aliphatic rings. The molecule has 0 aliphatic carbocycles. The topological polar surface area (TPSA) is 37.4 Å². The molecule has 14 heteroatoms. The molecule has 0 amide bonds. The molecule has 0 saturated heterocycles. The molecule has 0 saturated carbocycles. The second kappa shape index (κ2) is 4.89. The minimum atomic E-state index is -7.42. The van der Waals surface area contributed by atoms with Crippen molar-refractivity contribution in [1.82, 2.24) is 4.53 Å². The number of hydrogen-bond acceptors (Lipinski definition) is 2. The number of halogens is 10. The van der Waals surface area contributed by atoms with Crippen LogP contribution in [-0.2, 0) is 10.0 Å². The van der Waals surface area contributed by atoms with Gasteiger partial charge in [0.15, 0.2) is 0 Å². The third-order valence-electron chi connectivity index (χ3n) is 1.95. The Bertz CT molecular complexity index is 455. The van der Waals surface area contributed by atoms with Crippen molar-refractivity contribution in [3.05, 3.63) is 0 Å². The summed E-state index contributed by atoms with van der Waals surface area (Å²) in [6.07, 6.45) is -7.18. The first-order chi connectivity index (χ1) is 8.48.